The molecule has 7 heteroatoms. The number of nitrogens with zero attached hydrogens (tertiary/aromatic N) is 5. The van der Waals surface area contributed by atoms with Crippen LogP contribution in [0.5, 0.6) is 0 Å². The third kappa shape index (κ3) is 3.81. The zero-order valence-electron chi connectivity index (χ0n) is 13.1. The number of rotatable bonds is 4. The van der Waals surface area contributed by atoms with Gasteiger partial charge in [-0.2, -0.15) is 5.10 Å². The predicted molar refractivity (Wildman–Crippen MR) is 87.8 cm³/mol. The lowest BCUT2D eigenvalue weighted by molar-refractivity contribution is -0.119. The molecule has 0 saturated carbocycles. The second kappa shape index (κ2) is 6.70. The summed E-state index contributed by atoms with van der Waals surface area (Å²) in [6.45, 7) is 5.40. The van der Waals surface area contributed by atoms with Gasteiger partial charge < -0.3 is 10.6 Å². The summed E-state index contributed by atoms with van der Waals surface area (Å²) in [6, 6.07) is 8.18. The number of primary amides is 1. The average molecular weight is 312 g/mol. The van der Waals surface area contributed by atoms with Crippen molar-refractivity contribution in [2.45, 2.75) is 6.92 Å². The van der Waals surface area contributed by atoms with Crippen LogP contribution in [0.3, 0.4) is 0 Å². The number of piperazine rings is 1. The summed E-state index contributed by atoms with van der Waals surface area (Å²) in [4.78, 5) is 19.7. The number of aromatic nitrogens is 3. The van der Waals surface area contributed by atoms with Crippen molar-refractivity contribution in [3.63, 3.8) is 0 Å². The van der Waals surface area contributed by atoms with Crippen LogP contribution in [-0.2, 0) is 4.79 Å². The zero-order chi connectivity index (χ0) is 16.2. The molecular formula is C16H20N6O. The largest absolute Gasteiger partial charge is 0.369 e. The van der Waals surface area contributed by atoms with E-state index in [1.807, 2.05) is 17.0 Å². The van der Waals surface area contributed by atoms with Gasteiger partial charge in [0.1, 0.15) is 0 Å². The lowest BCUT2D eigenvalue weighted by Crippen LogP contribution is -2.49. The fourth-order valence-electron chi connectivity index (χ4n) is 2.62. The van der Waals surface area contributed by atoms with Gasteiger partial charge in [-0.3, -0.25) is 9.69 Å². The van der Waals surface area contributed by atoms with E-state index in [0.29, 0.717) is 12.5 Å². The highest BCUT2D eigenvalue weighted by molar-refractivity contribution is 5.75. The van der Waals surface area contributed by atoms with E-state index in [9.17, 15) is 4.79 Å². The number of carbonyl (C=O) groups excluding carboxylic acids is 1. The molecule has 0 spiro atoms. The maximum absolute atomic E-state index is 11.0. The molecule has 0 unspecified atom stereocenters. The molecule has 120 valence electrons. The predicted octanol–water partition coefficient (Wildman–Crippen LogP) is 0.454. The molecule has 1 saturated heterocycles. The molecule has 2 N–H and O–H groups in total. The zero-order valence-corrected chi connectivity index (χ0v) is 13.1. The first kappa shape index (κ1) is 15.4. The van der Waals surface area contributed by atoms with Gasteiger partial charge in [-0.1, -0.05) is 29.8 Å². The van der Waals surface area contributed by atoms with Crippen LogP contribution in [0.2, 0.25) is 0 Å². The Morgan fingerprint density at radius 2 is 1.87 bits per heavy atom. The minimum absolute atomic E-state index is 0.294. The molecule has 1 aromatic carbocycles. The molecule has 2 aromatic rings. The molecule has 2 heterocycles. The van der Waals surface area contributed by atoms with Crippen molar-refractivity contribution in [3.05, 3.63) is 36.0 Å². The van der Waals surface area contributed by atoms with Gasteiger partial charge in [0.15, 0.2) is 0 Å². The van der Waals surface area contributed by atoms with Crippen LogP contribution >= 0.6 is 0 Å². The third-order valence-electron chi connectivity index (χ3n) is 3.93. The molecule has 23 heavy (non-hydrogen) atoms. The number of aryl methyl sites for hydroxylation is 1. The van der Waals surface area contributed by atoms with Gasteiger partial charge in [0, 0.05) is 31.7 Å². The van der Waals surface area contributed by atoms with Crippen molar-refractivity contribution >= 4 is 11.9 Å². The second-order valence-electron chi connectivity index (χ2n) is 5.74. The van der Waals surface area contributed by atoms with Crippen molar-refractivity contribution in [2.75, 3.05) is 37.6 Å². The molecule has 0 atom stereocenters. The van der Waals surface area contributed by atoms with Crippen LogP contribution in [0, 0.1) is 6.92 Å². The highest BCUT2D eigenvalue weighted by Gasteiger charge is 2.20. The molecule has 0 bridgehead atoms. The Hall–Kier alpha value is -2.54. The topological polar surface area (TPSA) is 88.2 Å². The van der Waals surface area contributed by atoms with Gasteiger partial charge in [-0.05, 0) is 6.92 Å². The molecule has 1 aliphatic rings. The molecule has 1 fully saturated rings. The number of anilines is 1. The van der Waals surface area contributed by atoms with Gasteiger partial charge in [0.25, 0.3) is 0 Å². The number of amides is 1. The third-order valence-corrected chi connectivity index (χ3v) is 3.93. The summed E-state index contributed by atoms with van der Waals surface area (Å²) in [5.41, 5.74) is 8.29. The van der Waals surface area contributed by atoms with E-state index in [1.54, 1.807) is 6.20 Å². The van der Waals surface area contributed by atoms with Gasteiger partial charge >= 0.3 is 0 Å². The first-order chi connectivity index (χ1) is 11.1. The van der Waals surface area contributed by atoms with E-state index in [4.69, 9.17) is 5.73 Å². The van der Waals surface area contributed by atoms with E-state index < -0.39 is 0 Å². The summed E-state index contributed by atoms with van der Waals surface area (Å²) in [5.74, 6) is 0.333. The number of carbonyl (C=O) groups is 1. The van der Waals surface area contributed by atoms with Crippen molar-refractivity contribution in [1.82, 2.24) is 20.1 Å². The van der Waals surface area contributed by atoms with Crippen LogP contribution in [0.15, 0.2) is 30.5 Å². The molecule has 1 aromatic heterocycles. The van der Waals surface area contributed by atoms with E-state index >= 15 is 0 Å². The van der Waals surface area contributed by atoms with Gasteiger partial charge in [-0.15, -0.1) is 5.10 Å². The van der Waals surface area contributed by atoms with E-state index in [1.165, 1.54) is 5.56 Å². The molecule has 7 nitrogen and oxygen atoms in total. The Balaban J connectivity index is 1.71. The van der Waals surface area contributed by atoms with Crippen LogP contribution < -0.4 is 10.6 Å². The van der Waals surface area contributed by atoms with Crippen molar-refractivity contribution in [2.24, 2.45) is 5.73 Å². The Kier molecular flexibility index (Phi) is 4.47. The summed E-state index contributed by atoms with van der Waals surface area (Å²) in [5, 5.41) is 8.23. The number of hydrogen-bond donors (Lipinski definition) is 1. The normalized spacial score (nSPS) is 15.6. The quantitative estimate of drug-likeness (QED) is 0.882. The Labute approximate surface area is 135 Å². The molecule has 0 aliphatic carbocycles. The van der Waals surface area contributed by atoms with Crippen molar-refractivity contribution in [3.8, 4) is 11.3 Å². The van der Waals surface area contributed by atoms with Gasteiger partial charge in [0.05, 0.1) is 18.4 Å². The molecule has 3 rings (SSSR count). The fourth-order valence-corrected chi connectivity index (χ4v) is 2.62. The SMILES string of the molecule is Cc1ccc(-c2cnnc(N3CCN(CC(N)=O)CC3)n2)cc1. The smallest absolute Gasteiger partial charge is 0.245 e. The van der Waals surface area contributed by atoms with Gasteiger partial charge in [0.2, 0.25) is 11.9 Å². The number of benzene rings is 1. The van der Waals surface area contributed by atoms with E-state index in [-0.39, 0.29) is 5.91 Å². The maximum atomic E-state index is 11.0. The Morgan fingerprint density at radius 3 is 2.52 bits per heavy atom. The highest BCUT2D eigenvalue weighted by Crippen LogP contribution is 2.19. The molecule has 0 radical (unpaired) electrons. The van der Waals surface area contributed by atoms with E-state index in [0.717, 1.165) is 37.4 Å². The lowest BCUT2D eigenvalue weighted by atomic mass is 10.1. The van der Waals surface area contributed by atoms with Crippen LogP contribution in [0.25, 0.3) is 11.3 Å². The lowest BCUT2D eigenvalue weighted by Gasteiger charge is -2.33. The minimum Gasteiger partial charge on any atom is -0.369 e. The average Bonchev–Trinajstić information content (AvgIpc) is 2.56. The van der Waals surface area contributed by atoms with Crippen LogP contribution in [-0.4, -0.2) is 58.7 Å². The minimum atomic E-state index is -0.294. The van der Waals surface area contributed by atoms with Gasteiger partial charge in [-0.25, -0.2) is 4.98 Å². The summed E-state index contributed by atoms with van der Waals surface area (Å²) in [6.07, 6.45) is 1.68. The van der Waals surface area contributed by atoms with Crippen LogP contribution in [0.1, 0.15) is 5.56 Å². The Morgan fingerprint density at radius 1 is 1.17 bits per heavy atom. The number of hydrogen-bond acceptors (Lipinski definition) is 6. The first-order valence-electron chi connectivity index (χ1n) is 7.64. The Bertz CT molecular complexity index is 679. The molecular weight excluding hydrogens is 292 g/mol. The summed E-state index contributed by atoms with van der Waals surface area (Å²) in [7, 11) is 0. The standard InChI is InChI=1S/C16H20N6O/c1-12-2-4-13(5-3-12)14-10-18-20-16(19-14)22-8-6-21(7-9-22)11-15(17)23/h2-5,10H,6-9,11H2,1H3,(H2,17,23). The molecule has 1 aliphatic heterocycles. The van der Waals surface area contributed by atoms with Crippen molar-refractivity contribution in [1.29, 1.82) is 0 Å². The van der Waals surface area contributed by atoms with Crippen LogP contribution in [0.4, 0.5) is 5.95 Å². The summed E-state index contributed by atoms with van der Waals surface area (Å²) >= 11 is 0. The number of nitrogens with two attached hydrogens (primary N) is 1. The van der Waals surface area contributed by atoms with E-state index in [2.05, 4.69) is 39.1 Å². The first-order valence-corrected chi connectivity index (χ1v) is 7.64. The second-order valence-corrected chi connectivity index (χ2v) is 5.74. The maximum Gasteiger partial charge on any atom is 0.245 e. The highest BCUT2D eigenvalue weighted by atomic mass is 16.1. The van der Waals surface area contributed by atoms with Crippen molar-refractivity contribution < 1.29 is 4.79 Å². The molecule has 1 amide bonds. The monoisotopic (exact) mass is 312 g/mol. The fraction of sp³-hybridized carbons (Fsp3) is 0.375. The summed E-state index contributed by atoms with van der Waals surface area (Å²) < 4.78 is 0.